The summed E-state index contributed by atoms with van der Waals surface area (Å²) in [6.45, 7) is 2.78. The first-order valence-electron chi connectivity index (χ1n) is 12.9. The number of carbonyl (C=O) groups is 2. The third-order valence-corrected chi connectivity index (χ3v) is 9.30. The third-order valence-electron chi connectivity index (χ3n) is 8.17. The molecule has 4 aliphatic carbocycles. The number of halogens is 1. The topological polar surface area (TPSA) is 70.7 Å². The largest absolute Gasteiger partial charge is 0.450 e. The normalized spacial score (nSPS) is 27.0. The number of anilines is 3. The molecule has 5 aliphatic rings. The minimum atomic E-state index is -0.492. The van der Waals surface area contributed by atoms with Crippen LogP contribution in [0.5, 0.6) is 0 Å². The number of nitrogens with zero attached hydrogens (tertiary/aromatic N) is 1. The van der Waals surface area contributed by atoms with E-state index in [2.05, 4.69) is 16.7 Å². The Hall–Kier alpha value is -2.22. The second-order valence-corrected chi connectivity index (χ2v) is 11.8. The van der Waals surface area contributed by atoms with Gasteiger partial charge in [0.05, 0.1) is 18.0 Å². The highest BCUT2D eigenvalue weighted by Gasteiger charge is 2.50. The maximum Gasteiger partial charge on any atom is 0.411 e. The lowest BCUT2D eigenvalue weighted by molar-refractivity contribution is -0.118. The Balaban J connectivity index is 0.00000267. The Morgan fingerprint density at radius 1 is 1.00 bits per heavy atom. The molecule has 0 radical (unpaired) electrons. The van der Waals surface area contributed by atoms with Crippen molar-refractivity contribution < 1.29 is 14.3 Å². The first-order chi connectivity index (χ1) is 17.0. The second kappa shape index (κ2) is 10.3. The van der Waals surface area contributed by atoms with E-state index < -0.39 is 6.09 Å². The molecule has 0 atom stereocenters. The summed E-state index contributed by atoms with van der Waals surface area (Å²) < 4.78 is 5.03. The van der Waals surface area contributed by atoms with Crippen LogP contribution in [-0.4, -0.2) is 30.7 Å². The maximum absolute atomic E-state index is 13.7. The molecule has 7 rings (SSSR count). The van der Waals surface area contributed by atoms with Gasteiger partial charge in [0.15, 0.2) is 0 Å². The van der Waals surface area contributed by atoms with Gasteiger partial charge in [-0.3, -0.25) is 15.0 Å². The first kappa shape index (κ1) is 25.4. The first-order valence-corrected chi connectivity index (χ1v) is 13.8. The summed E-state index contributed by atoms with van der Waals surface area (Å²) in [5.74, 6) is 2.72. The predicted molar refractivity (Wildman–Crippen MR) is 146 cm³/mol. The Bertz CT molecular complexity index is 1120. The minimum Gasteiger partial charge on any atom is -0.450 e. The van der Waals surface area contributed by atoms with Gasteiger partial charge in [0.2, 0.25) is 5.91 Å². The fourth-order valence-electron chi connectivity index (χ4n) is 7.26. The molecule has 0 aromatic heterocycles. The summed E-state index contributed by atoms with van der Waals surface area (Å²) in [5, 5.41) is 6.64. The number of carbonyl (C=O) groups excluding carboxylic acids is 2. The number of para-hydroxylation sites is 1. The van der Waals surface area contributed by atoms with Gasteiger partial charge >= 0.3 is 6.09 Å². The molecule has 4 bridgehead atoms. The predicted octanol–water partition coefficient (Wildman–Crippen LogP) is 6.75. The third kappa shape index (κ3) is 4.85. The molecular formula is C28H34ClN3O3S. The number of amides is 2. The molecule has 1 heterocycles. The van der Waals surface area contributed by atoms with Gasteiger partial charge in [-0.2, -0.15) is 0 Å². The minimum absolute atomic E-state index is 0. The van der Waals surface area contributed by atoms with Crippen LogP contribution in [0.15, 0.2) is 52.3 Å². The van der Waals surface area contributed by atoms with Crippen molar-refractivity contribution in [2.75, 3.05) is 23.4 Å². The zero-order chi connectivity index (χ0) is 24.0. The van der Waals surface area contributed by atoms with Crippen LogP contribution in [-0.2, 0) is 9.53 Å². The van der Waals surface area contributed by atoms with E-state index in [1.807, 2.05) is 41.3 Å². The van der Waals surface area contributed by atoms with Gasteiger partial charge in [-0.25, -0.2) is 4.79 Å². The number of hydrogen-bond donors (Lipinski definition) is 2. The van der Waals surface area contributed by atoms with Gasteiger partial charge in [-0.1, -0.05) is 23.9 Å². The summed E-state index contributed by atoms with van der Waals surface area (Å²) in [4.78, 5) is 29.6. The average molecular weight is 528 g/mol. The average Bonchev–Trinajstić information content (AvgIpc) is 2.81. The highest BCUT2D eigenvalue weighted by atomic mass is 35.5. The van der Waals surface area contributed by atoms with E-state index in [0.29, 0.717) is 25.3 Å². The Labute approximate surface area is 223 Å². The zero-order valence-corrected chi connectivity index (χ0v) is 22.3. The van der Waals surface area contributed by atoms with E-state index in [1.165, 1.54) is 38.5 Å². The number of nitrogens with one attached hydrogen (secondary N) is 2. The molecule has 192 valence electrons. The van der Waals surface area contributed by atoms with Crippen molar-refractivity contribution >= 4 is 53.2 Å². The standard InChI is InChI=1S/C28H33N3O3S.ClH/c1-2-34-27(33)30-21-7-8-25-23(14-21)31(22-5-3-4-6-24(22)35-25)26(32)9-10-29-28-15-18-11-19(16-28)13-20(12-18)17-28;/h3-8,14,18-20,29H,2,9-13,15-17H2,1H3,(H,30,33);1H. The van der Waals surface area contributed by atoms with Crippen LogP contribution in [0.2, 0.25) is 0 Å². The Morgan fingerprint density at radius 2 is 1.67 bits per heavy atom. The molecule has 0 spiro atoms. The Morgan fingerprint density at radius 3 is 2.36 bits per heavy atom. The monoisotopic (exact) mass is 527 g/mol. The summed E-state index contributed by atoms with van der Waals surface area (Å²) in [6, 6.07) is 13.7. The summed E-state index contributed by atoms with van der Waals surface area (Å²) in [5.41, 5.74) is 2.58. The molecule has 4 saturated carbocycles. The number of fused-ring (bicyclic) bond motifs is 2. The van der Waals surface area contributed by atoms with Crippen LogP contribution in [0.4, 0.5) is 21.9 Å². The van der Waals surface area contributed by atoms with Crippen LogP contribution in [0.25, 0.3) is 0 Å². The van der Waals surface area contributed by atoms with Crippen molar-refractivity contribution in [3.05, 3.63) is 42.5 Å². The molecule has 36 heavy (non-hydrogen) atoms. The molecule has 2 aromatic carbocycles. The van der Waals surface area contributed by atoms with E-state index in [-0.39, 0.29) is 23.9 Å². The maximum atomic E-state index is 13.7. The van der Waals surface area contributed by atoms with Gasteiger partial charge in [-0.05, 0) is 93.5 Å². The van der Waals surface area contributed by atoms with Gasteiger partial charge in [-0.15, -0.1) is 12.4 Å². The zero-order valence-electron chi connectivity index (χ0n) is 20.6. The van der Waals surface area contributed by atoms with Crippen molar-refractivity contribution in [1.29, 1.82) is 0 Å². The number of rotatable bonds is 6. The van der Waals surface area contributed by atoms with Crippen LogP contribution in [0.3, 0.4) is 0 Å². The van der Waals surface area contributed by atoms with E-state index in [1.54, 1.807) is 18.7 Å². The molecule has 8 heteroatoms. The lowest BCUT2D eigenvalue weighted by Crippen LogP contribution is -2.58. The lowest BCUT2D eigenvalue weighted by Gasteiger charge is -2.57. The molecular weight excluding hydrogens is 494 g/mol. The van der Waals surface area contributed by atoms with Crippen molar-refractivity contribution in [3.8, 4) is 0 Å². The Kier molecular flexibility index (Phi) is 7.25. The molecule has 0 saturated heterocycles. The fourth-order valence-corrected chi connectivity index (χ4v) is 8.30. The second-order valence-electron chi connectivity index (χ2n) is 10.7. The van der Waals surface area contributed by atoms with Gasteiger partial charge in [0, 0.05) is 34.0 Å². The number of benzene rings is 2. The molecule has 2 amide bonds. The highest BCUT2D eigenvalue weighted by Crippen LogP contribution is 2.55. The fraction of sp³-hybridized carbons (Fsp3) is 0.500. The number of ether oxygens (including phenoxy) is 1. The van der Waals surface area contributed by atoms with Crippen LogP contribution < -0.4 is 15.5 Å². The number of hydrogen-bond acceptors (Lipinski definition) is 5. The van der Waals surface area contributed by atoms with Gasteiger partial charge in [0.25, 0.3) is 0 Å². The van der Waals surface area contributed by atoms with Crippen LogP contribution in [0.1, 0.15) is 51.9 Å². The van der Waals surface area contributed by atoms with Crippen molar-refractivity contribution in [2.24, 2.45) is 17.8 Å². The van der Waals surface area contributed by atoms with E-state index in [9.17, 15) is 9.59 Å². The van der Waals surface area contributed by atoms with Crippen LogP contribution >= 0.6 is 24.2 Å². The highest BCUT2D eigenvalue weighted by molar-refractivity contribution is 7.99. The van der Waals surface area contributed by atoms with Crippen LogP contribution in [0, 0.1) is 17.8 Å². The molecule has 6 nitrogen and oxygen atoms in total. The van der Waals surface area contributed by atoms with E-state index in [0.717, 1.165) is 38.9 Å². The van der Waals surface area contributed by atoms with E-state index in [4.69, 9.17) is 4.74 Å². The van der Waals surface area contributed by atoms with Crippen molar-refractivity contribution in [1.82, 2.24) is 5.32 Å². The summed E-state index contributed by atoms with van der Waals surface area (Å²) in [7, 11) is 0. The molecule has 2 N–H and O–H groups in total. The summed E-state index contributed by atoms with van der Waals surface area (Å²) in [6.07, 6.45) is 8.04. The van der Waals surface area contributed by atoms with Crippen molar-refractivity contribution in [3.63, 3.8) is 0 Å². The SMILES string of the molecule is CCOC(=O)Nc1ccc2c(c1)N(C(=O)CCNC13CC4CC(CC(C4)C1)C3)c1ccccc1S2.Cl. The molecule has 0 unspecified atom stereocenters. The van der Waals surface area contributed by atoms with E-state index >= 15 is 0 Å². The molecule has 1 aliphatic heterocycles. The van der Waals surface area contributed by atoms with Gasteiger partial charge < -0.3 is 10.1 Å². The lowest BCUT2D eigenvalue weighted by atomic mass is 9.53. The van der Waals surface area contributed by atoms with Crippen molar-refractivity contribution in [2.45, 2.75) is 67.2 Å². The summed E-state index contributed by atoms with van der Waals surface area (Å²) >= 11 is 1.65. The molecule has 4 fully saturated rings. The van der Waals surface area contributed by atoms with Gasteiger partial charge in [0.1, 0.15) is 0 Å². The smallest absolute Gasteiger partial charge is 0.411 e. The molecule has 2 aromatic rings. The quantitative estimate of drug-likeness (QED) is 0.434.